The Balaban J connectivity index is 1.77. The van der Waals surface area contributed by atoms with Gasteiger partial charge >= 0.3 is 5.69 Å². The highest BCUT2D eigenvalue weighted by Gasteiger charge is 2.24. The minimum Gasteiger partial charge on any atom is -0.369 e. The molecule has 0 atom stereocenters. The summed E-state index contributed by atoms with van der Waals surface area (Å²) in [6.07, 6.45) is 6.86. The minimum absolute atomic E-state index is 0.0610. The van der Waals surface area contributed by atoms with Crippen molar-refractivity contribution >= 4 is 17.2 Å². The molecule has 0 saturated carbocycles. The van der Waals surface area contributed by atoms with Crippen LogP contribution >= 0.6 is 0 Å². The van der Waals surface area contributed by atoms with Gasteiger partial charge < -0.3 is 5.73 Å². The molecule has 0 aliphatic heterocycles. The maximum absolute atomic E-state index is 13.4. The van der Waals surface area contributed by atoms with E-state index < -0.39 is 23.6 Å². The first-order chi connectivity index (χ1) is 16.4. The second-order valence-corrected chi connectivity index (χ2v) is 7.57. The Morgan fingerprint density at radius 2 is 2.03 bits per heavy atom. The van der Waals surface area contributed by atoms with E-state index in [1.165, 1.54) is 24.4 Å². The van der Waals surface area contributed by atoms with E-state index in [0.29, 0.717) is 22.5 Å². The van der Waals surface area contributed by atoms with Crippen LogP contribution < -0.4 is 11.4 Å². The molecule has 0 fully saturated rings. The quantitative estimate of drug-likeness (QED) is 0.480. The lowest BCUT2D eigenvalue weighted by molar-refractivity contribution is 0.145. The maximum Gasteiger partial charge on any atom is 0.353 e. The number of hydrogen-bond acceptors (Lipinski definition) is 7. The summed E-state index contributed by atoms with van der Waals surface area (Å²) in [5, 5.41) is 11.6. The molecular formula is C22H17F3N8O. The fourth-order valence-corrected chi connectivity index (χ4v) is 3.75. The lowest BCUT2D eigenvalue weighted by atomic mass is 9.97. The molecule has 1 aliphatic rings. The number of nitrogens with zero attached hydrogens (tertiary/aromatic N) is 7. The first-order valence-corrected chi connectivity index (χ1v) is 10.3. The number of alkyl halides is 2. The van der Waals surface area contributed by atoms with Gasteiger partial charge in [0.15, 0.2) is 5.65 Å². The van der Waals surface area contributed by atoms with Crippen LogP contribution in [0.4, 0.5) is 19.1 Å². The van der Waals surface area contributed by atoms with Crippen molar-refractivity contribution in [1.29, 1.82) is 0 Å². The Hall–Kier alpha value is -4.35. The van der Waals surface area contributed by atoms with E-state index >= 15 is 0 Å². The molecule has 34 heavy (non-hydrogen) atoms. The number of aromatic nitrogens is 7. The van der Waals surface area contributed by atoms with Crippen LogP contribution in [-0.2, 0) is 6.54 Å². The predicted octanol–water partition coefficient (Wildman–Crippen LogP) is 3.18. The van der Waals surface area contributed by atoms with Gasteiger partial charge in [-0.1, -0.05) is 18.2 Å². The van der Waals surface area contributed by atoms with E-state index in [1.54, 1.807) is 0 Å². The molecular weight excluding hydrogens is 449 g/mol. The average Bonchev–Trinajstić information content (AvgIpc) is 3.17. The highest BCUT2D eigenvalue weighted by Crippen LogP contribution is 2.34. The highest BCUT2D eigenvalue weighted by molar-refractivity contribution is 5.91. The zero-order valence-corrected chi connectivity index (χ0v) is 17.6. The van der Waals surface area contributed by atoms with Gasteiger partial charge in [-0.3, -0.25) is 4.98 Å². The van der Waals surface area contributed by atoms with Gasteiger partial charge in [0.05, 0.1) is 35.9 Å². The van der Waals surface area contributed by atoms with Crippen molar-refractivity contribution < 1.29 is 13.2 Å². The van der Waals surface area contributed by atoms with Crippen molar-refractivity contribution in [2.24, 2.45) is 0 Å². The normalized spacial score (nSPS) is 13.6. The fourth-order valence-electron chi connectivity index (χ4n) is 3.75. The molecule has 0 amide bonds. The zero-order chi connectivity index (χ0) is 23.8. The second kappa shape index (κ2) is 8.54. The highest BCUT2D eigenvalue weighted by atomic mass is 19.3. The van der Waals surface area contributed by atoms with Gasteiger partial charge in [-0.05, 0) is 36.6 Å². The van der Waals surface area contributed by atoms with Crippen molar-refractivity contribution in [3.8, 4) is 11.1 Å². The van der Waals surface area contributed by atoms with E-state index in [0.717, 1.165) is 28.1 Å². The Kier molecular flexibility index (Phi) is 5.40. The van der Waals surface area contributed by atoms with E-state index in [-0.39, 0.29) is 23.7 Å². The van der Waals surface area contributed by atoms with Crippen LogP contribution in [0.3, 0.4) is 0 Å². The summed E-state index contributed by atoms with van der Waals surface area (Å²) in [6.45, 7) is -0.0610. The average molecular weight is 466 g/mol. The molecule has 2 N–H and O–H groups in total. The summed E-state index contributed by atoms with van der Waals surface area (Å²) in [6, 6.07) is 3.84. The number of hydrogen-bond donors (Lipinski definition) is 1. The molecule has 4 aromatic heterocycles. The molecule has 5 rings (SSSR count). The van der Waals surface area contributed by atoms with Crippen LogP contribution in [0.15, 0.2) is 53.6 Å². The van der Waals surface area contributed by atoms with Crippen molar-refractivity contribution in [2.45, 2.75) is 25.8 Å². The van der Waals surface area contributed by atoms with Crippen LogP contribution in [0.25, 0.3) is 22.3 Å². The molecule has 0 saturated heterocycles. The van der Waals surface area contributed by atoms with Gasteiger partial charge in [-0.2, -0.15) is 5.10 Å². The van der Waals surface area contributed by atoms with E-state index in [1.807, 2.05) is 18.2 Å². The third-order valence-electron chi connectivity index (χ3n) is 5.31. The van der Waals surface area contributed by atoms with Crippen molar-refractivity contribution in [3.05, 3.63) is 82.2 Å². The number of nitrogens with two attached hydrogens (primary N) is 1. The Labute approximate surface area is 190 Å². The van der Waals surface area contributed by atoms with Crippen LogP contribution in [-0.4, -0.2) is 34.3 Å². The summed E-state index contributed by atoms with van der Waals surface area (Å²) < 4.78 is 42.2. The maximum atomic E-state index is 13.4. The summed E-state index contributed by atoms with van der Waals surface area (Å²) >= 11 is 0. The Morgan fingerprint density at radius 3 is 2.74 bits per heavy atom. The molecule has 4 heterocycles. The SMILES string of the molecule is Nc1nc(C2=CCCC=C2)c(-c2cnnc(C(F)F)c2)c2nn(Cc3ccc(F)cn3)c(=O)n12. The van der Waals surface area contributed by atoms with Gasteiger partial charge in [-0.25, -0.2) is 32.0 Å². The van der Waals surface area contributed by atoms with Crippen LogP contribution in [0.1, 0.15) is 36.3 Å². The molecule has 4 aromatic rings. The molecule has 9 nitrogen and oxygen atoms in total. The van der Waals surface area contributed by atoms with Crippen LogP contribution in [0.2, 0.25) is 0 Å². The van der Waals surface area contributed by atoms with Gasteiger partial charge in [0, 0.05) is 5.56 Å². The topological polar surface area (TPSA) is 117 Å². The predicted molar refractivity (Wildman–Crippen MR) is 117 cm³/mol. The standard InChI is InChI=1S/C22H17F3N8O/c23-14-6-7-15(27-10-14)11-32-22(34)33-20(31-32)17(13-8-16(19(24)25)30-28-9-13)18(29-21(33)26)12-4-2-1-3-5-12/h2,4-10,19H,1,3,11H2,(H2,26,29). The fraction of sp³-hybridized carbons (Fsp3) is 0.182. The smallest absolute Gasteiger partial charge is 0.353 e. The molecule has 1 aliphatic carbocycles. The molecule has 12 heteroatoms. The third-order valence-corrected chi connectivity index (χ3v) is 5.31. The summed E-state index contributed by atoms with van der Waals surface area (Å²) in [4.78, 5) is 21.5. The van der Waals surface area contributed by atoms with Crippen molar-refractivity contribution in [1.82, 2.24) is 34.3 Å². The Morgan fingerprint density at radius 1 is 1.18 bits per heavy atom. The van der Waals surface area contributed by atoms with Crippen molar-refractivity contribution in [3.63, 3.8) is 0 Å². The number of anilines is 1. The van der Waals surface area contributed by atoms with Gasteiger partial charge in [-0.15, -0.1) is 10.2 Å². The number of halogens is 3. The summed E-state index contributed by atoms with van der Waals surface area (Å²) in [7, 11) is 0. The van der Waals surface area contributed by atoms with Gasteiger partial charge in [0.2, 0.25) is 5.95 Å². The summed E-state index contributed by atoms with van der Waals surface area (Å²) in [5.41, 5.74) is 7.19. The second-order valence-electron chi connectivity index (χ2n) is 7.57. The molecule has 172 valence electrons. The van der Waals surface area contributed by atoms with Crippen LogP contribution in [0.5, 0.6) is 0 Å². The molecule has 0 bridgehead atoms. The molecule has 0 unspecified atom stereocenters. The number of pyridine rings is 1. The molecule has 0 spiro atoms. The Bertz CT molecular complexity index is 1510. The molecule has 0 aromatic carbocycles. The lowest BCUT2D eigenvalue weighted by Crippen LogP contribution is -2.24. The lowest BCUT2D eigenvalue weighted by Gasteiger charge is -2.14. The van der Waals surface area contributed by atoms with Gasteiger partial charge in [0.25, 0.3) is 6.43 Å². The first-order valence-electron chi connectivity index (χ1n) is 10.3. The third kappa shape index (κ3) is 3.83. The monoisotopic (exact) mass is 466 g/mol. The van der Waals surface area contributed by atoms with E-state index in [2.05, 4.69) is 25.3 Å². The largest absolute Gasteiger partial charge is 0.369 e. The zero-order valence-electron chi connectivity index (χ0n) is 17.6. The minimum atomic E-state index is -2.84. The number of nitrogen functional groups attached to an aromatic ring is 1. The van der Waals surface area contributed by atoms with Gasteiger partial charge in [0.1, 0.15) is 11.5 Å². The van der Waals surface area contributed by atoms with E-state index in [4.69, 9.17) is 5.73 Å². The number of allylic oxidation sites excluding steroid dienone is 4. The number of fused-ring (bicyclic) bond motifs is 1. The van der Waals surface area contributed by atoms with Crippen LogP contribution in [0, 0.1) is 5.82 Å². The molecule has 0 radical (unpaired) electrons. The van der Waals surface area contributed by atoms with E-state index in [9.17, 15) is 18.0 Å². The van der Waals surface area contributed by atoms with Crippen molar-refractivity contribution in [2.75, 3.05) is 5.73 Å². The first kappa shape index (κ1) is 21.5. The summed E-state index contributed by atoms with van der Waals surface area (Å²) in [5.74, 6) is -0.631. The number of rotatable bonds is 5.